The number of halogens is 1. The van der Waals surface area contributed by atoms with Crippen molar-refractivity contribution in [1.29, 1.82) is 0 Å². The van der Waals surface area contributed by atoms with Gasteiger partial charge in [0.2, 0.25) is 0 Å². The summed E-state index contributed by atoms with van der Waals surface area (Å²) in [4.78, 5) is 14.7. The van der Waals surface area contributed by atoms with E-state index in [4.69, 9.17) is 9.47 Å². The lowest BCUT2D eigenvalue weighted by Gasteiger charge is -2.32. The lowest BCUT2D eigenvalue weighted by molar-refractivity contribution is -0.0781. The number of hydrogen-bond acceptors (Lipinski definition) is 3. The molecule has 2 aliphatic heterocycles. The SMILES string of the molecule is O=C(c1ccc(F)cc1)N1C[C@@H](OCC2CC2)[C@@H]2OCCC[C@@H]21. The molecule has 0 N–H and O–H groups in total. The molecular weight excluding hydrogens is 297 g/mol. The van der Waals surface area contributed by atoms with E-state index in [2.05, 4.69) is 0 Å². The second kappa shape index (κ2) is 6.21. The predicted octanol–water partition coefficient (Wildman–Crippen LogP) is 2.62. The minimum Gasteiger partial charge on any atom is -0.373 e. The third kappa shape index (κ3) is 3.12. The average molecular weight is 319 g/mol. The normalized spacial score (nSPS) is 30.3. The second-order valence-electron chi connectivity index (χ2n) is 6.82. The Morgan fingerprint density at radius 1 is 1.26 bits per heavy atom. The monoisotopic (exact) mass is 319 g/mol. The molecule has 1 aromatic rings. The Bertz CT molecular complexity index is 572. The van der Waals surface area contributed by atoms with E-state index in [1.165, 1.54) is 25.0 Å². The number of fused-ring (bicyclic) bond motifs is 1. The van der Waals surface area contributed by atoms with Crippen LogP contribution in [0.1, 0.15) is 36.0 Å². The molecule has 1 amide bonds. The molecule has 23 heavy (non-hydrogen) atoms. The first-order chi connectivity index (χ1) is 11.2. The maximum absolute atomic E-state index is 13.1. The highest BCUT2D eigenvalue weighted by Crippen LogP contribution is 2.34. The maximum atomic E-state index is 13.1. The molecule has 2 saturated heterocycles. The zero-order chi connectivity index (χ0) is 15.8. The topological polar surface area (TPSA) is 38.8 Å². The summed E-state index contributed by atoms with van der Waals surface area (Å²) >= 11 is 0. The van der Waals surface area contributed by atoms with E-state index in [9.17, 15) is 9.18 Å². The predicted molar refractivity (Wildman–Crippen MR) is 82.7 cm³/mol. The summed E-state index contributed by atoms with van der Waals surface area (Å²) in [6, 6.07) is 5.84. The minimum absolute atomic E-state index is 0.0214. The average Bonchev–Trinajstić information content (AvgIpc) is 3.33. The largest absolute Gasteiger partial charge is 0.373 e. The van der Waals surface area contributed by atoms with Crippen molar-refractivity contribution in [1.82, 2.24) is 4.90 Å². The maximum Gasteiger partial charge on any atom is 0.254 e. The summed E-state index contributed by atoms with van der Waals surface area (Å²) < 4.78 is 25.1. The van der Waals surface area contributed by atoms with Gasteiger partial charge in [0, 0.05) is 18.8 Å². The lowest BCUT2D eigenvalue weighted by Crippen LogP contribution is -2.44. The van der Waals surface area contributed by atoms with E-state index in [0.29, 0.717) is 18.0 Å². The van der Waals surface area contributed by atoms with E-state index in [-0.39, 0.29) is 30.0 Å². The Hall–Kier alpha value is -1.46. The van der Waals surface area contributed by atoms with Gasteiger partial charge in [0.05, 0.1) is 12.6 Å². The molecule has 4 rings (SSSR count). The van der Waals surface area contributed by atoms with Gasteiger partial charge >= 0.3 is 0 Å². The Balaban J connectivity index is 1.49. The van der Waals surface area contributed by atoms with Gasteiger partial charge in [-0.05, 0) is 55.9 Å². The van der Waals surface area contributed by atoms with Gasteiger partial charge in [-0.2, -0.15) is 0 Å². The van der Waals surface area contributed by atoms with E-state index in [0.717, 1.165) is 26.1 Å². The van der Waals surface area contributed by atoms with Crippen molar-refractivity contribution >= 4 is 5.91 Å². The molecule has 1 aromatic carbocycles. The van der Waals surface area contributed by atoms with Crippen LogP contribution in [0.3, 0.4) is 0 Å². The molecular formula is C18H22FNO3. The highest BCUT2D eigenvalue weighted by atomic mass is 19.1. The number of ether oxygens (including phenoxy) is 2. The van der Waals surface area contributed by atoms with Crippen molar-refractivity contribution < 1.29 is 18.7 Å². The molecule has 5 heteroatoms. The zero-order valence-corrected chi connectivity index (χ0v) is 13.1. The van der Waals surface area contributed by atoms with E-state index in [1.807, 2.05) is 4.90 Å². The molecule has 0 bridgehead atoms. The van der Waals surface area contributed by atoms with Crippen LogP contribution < -0.4 is 0 Å². The van der Waals surface area contributed by atoms with Gasteiger partial charge in [-0.3, -0.25) is 4.79 Å². The molecule has 4 nitrogen and oxygen atoms in total. The van der Waals surface area contributed by atoms with Gasteiger partial charge in [-0.25, -0.2) is 4.39 Å². The van der Waals surface area contributed by atoms with Gasteiger partial charge in [-0.1, -0.05) is 0 Å². The fraction of sp³-hybridized carbons (Fsp3) is 0.611. The molecule has 0 spiro atoms. The molecule has 3 aliphatic rings. The lowest BCUT2D eigenvalue weighted by atomic mass is 10.0. The smallest absolute Gasteiger partial charge is 0.254 e. The summed E-state index contributed by atoms with van der Waals surface area (Å²) in [7, 11) is 0. The van der Waals surface area contributed by atoms with Crippen LogP contribution in [-0.4, -0.2) is 48.8 Å². The van der Waals surface area contributed by atoms with Crippen molar-refractivity contribution in [3.8, 4) is 0 Å². The number of carbonyl (C=O) groups is 1. The molecule has 0 radical (unpaired) electrons. The number of rotatable bonds is 4. The fourth-order valence-corrected chi connectivity index (χ4v) is 3.59. The molecule has 2 heterocycles. The fourth-order valence-electron chi connectivity index (χ4n) is 3.59. The van der Waals surface area contributed by atoms with Crippen LogP contribution in [0, 0.1) is 11.7 Å². The molecule has 124 valence electrons. The first-order valence-electron chi connectivity index (χ1n) is 8.52. The zero-order valence-electron chi connectivity index (χ0n) is 13.1. The quantitative estimate of drug-likeness (QED) is 0.856. The summed E-state index contributed by atoms with van der Waals surface area (Å²) in [6.45, 7) is 2.08. The summed E-state index contributed by atoms with van der Waals surface area (Å²) in [6.07, 6.45) is 4.35. The van der Waals surface area contributed by atoms with Gasteiger partial charge in [0.25, 0.3) is 5.91 Å². The summed E-state index contributed by atoms with van der Waals surface area (Å²) in [5.74, 6) is 0.314. The number of benzene rings is 1. The standard InChI is InChI=1S/C18H22FNO3/c19-14-7-5-13(6-8-14)18(21)20-10-16(23-11-12-3-4-12)17-15(20)2-1-9-22-17/h5-8,12,15-17H,1-4,9-11H2/t15-,16+,17+/m0/s1. The van der Waals surface area contributed by atoms with E-state index in [1.54, 1.807) is 12.1 Å². The van der Waals surface area contributed by atoms with Crippen molar-refractivity contribution in [2.24, 2.45) is 5.92 Å². The van der Waals surface area contributed by atoms with Crippen LogP contribution >= 0.6 is 0 Å². The van der Waals surface area contributed by atoms with Crippen LogP contribution in [-0.2, 0) is 9.47 Å². The van der Waals surface area contributed by atoms with Crippen LogP contribution in [0.5, 0.6) is 0 Å². The van der Waals surface area contributed by atoms with Crippen molar-refractivity contribution in [2.45, 2.75) is 43.9 Å². The Kier molecular flexibility index (Phi) is 4.07. The van der Waals surface area contributed by atoms with Crippen LogP contribution in [0.4, 0.5) is 4.39 Å². The number of carbonyl (C=O) groups excluding carboxylic acids is 1. The van der Waals surface area contributed by atoms with Crippen LogP contribution in [0.25, 0.3) is 0 Å². The van der Waals surface area contributed by atoms with Crippen LogP contribution in [0.15, 0.2) is 24.3 Å². The van der Waals surface area contributed by atoms with Crippen molar-refractivity contribution in [3.05, 3.63) is 35.6 Å². The molecule has 3 fully saturated rings. The van der Waals surface area contributed by atoms with Crippen LogP contribution in [0.2, 0.25) is 0 Å². The van der Waals surface area contributed by atoms with Crippen molar-refractivity contribution in [2.75, 3.05) is 19.8 Å². The Labute approximate surface area is 135 Å². The van der Waals surface area contributed by atoms with Gasteiger partial charge in [-0.15, -0.1) is 0 Å². The second-order valence-corrected chi connectivity index (χ2v) is 6.82. The number of likely N-dealkylation sites (tertiary alicyclic amines) is 1. The van der Waals surface area contributed by atoms with Crippen molar-refractivity contribution in [3.63, 3.8) is 0 Å². The Morgan fingerprint density at radius 3 is 2.78 bits per heavy atom. The van der Waals surface area contributed by atoms with Gasteiger partial charge < -0.3 is 14.4 Å². The number of amides is 1. The van der Waals surface area contributed by atoms with Gasteiger partial charge in [0.1, 0.15) is 18.0 Å². The first-order valence-corrected chi connectivity index (χ1v) is 8.52. The third-order valence-corrected chi connectivity index (χ3v) is 5.07. The molecule has 0 unspecified atom stereocenters. The van der Waals surface area contributed by atoms with Gasteiger partial charge in [0.15, 0.2) is 0 Å². The van der Waals surface area contributed by atoms with E-state index < -0.39 is 0 Å². The third-order valence-electron chi connectivity index (χ3n) is 5.07. The molecule has 3 atom stereocenters. The molecule has 1 saturated carbocycles. The first kappa shape index (κ1) is 15.1. The summed E-state index contributed by atoms with van der Waals surface area (Å²) in [5, 5.41) is 0. The molecule has 0 aromatic heterocycles. The summed E-state index contributed by atoms with van der Waals surface area (Å²) in [5.41, 5.74) is 0.526. The highest BCUT2D eigenvalue weighted by molar-refractivity contribution is 5.94. The minimum atomic E-state index is -0.326. The Morgan fingerprint density at radius 2 is 2.04 bits per heavy atom. The highest BCUT2D eigenvalue weighted by Gasteiger charge is 2.47. The van der Waals surface area contributed by atoms with E-state index >= 15 is 0 Å². The number of hydrogen-bond donors (Lipinski definition) is 0. The number of nitrogens with zero attached hydrogens (tertiary/aromatic N) is 1. The molecule has 1 aliphatic carbocycles.